The van der Waals surface area contributed by atoms with Crippen LogP contribution in [0.5, 0.6) is 0 Å². The van der Waals surface area contributed by atoms with Crippen LogP contribution in [0.25, 0.3) is 6.08 Å². The maximum absolute atomic E-state index is 11.5. The molecule has 1 aliphatic carbocycles. The monoisotopic (exact) mass is 435 g/mol. The Bertz CT molecular complexity index is 1140. The molecule has 4 rings (SSSR count). The first-order valence-electron chi connectivity index (χ1n) is 11.4. The Morgan fingerprint density at radius 1 is 1.00 bits per heavy atom. The maximum Gasteiger partial charge on any atom is 0.168 e. The molecule has 0 bridgehead atoms. The van der Waals surface area contributed by atoms with Gasteiger partial charge in [0.2, 0.25) is 0 Å². The molecule has 1 aliphatic heterocycles. The number of piperazine rings is 1. The average molecular weight is 436 g/mol. The van der Waals surface area contributed by atoms with Crippen molar-refractivity contribution in [2.24, 2.45) is 10.9 Å². The highest BCUT2D eigenvalue weighted by atomic mass is 16.1. The van der Waals surface area contributed by atoms with Gasteiger partial charge in [-0.1, -0.05) is 48.3 Å². The fourth-order valence-corrected chi connectivity index (χ4v) is 3.93. The van der Waals surface area contributed by atoms with Gasteiger partial charge in [-0.15, -0.1) is 0 Å². The van der Waals surface area contributed by atoms with E-state index in [1.54, 1.807) is 0 Å². The molecule has 1 fully saturated rings. The standard InChI is InChI=1S/C29H29N3O/c1-23(27-5-3-2-4-6-27)31-28(22-33)21-26-11-9-24(10-12-26)7-8-25-13-15-29(16-14-25)32-19-17-30-18-20-32/h2-5,9-16,21-22,27,30H,6,17-20H2,1H3/b28-21-,31-23?. The summed E-state index contributed by atoms with van der Waals surface area (Å²) in [6.07, 6.45) is 11.8. The van der Waals surface area contributed by atoms with Crippen molar-refractivity contribution in [1.29, 1.82) is 0 Å². The van der Waals surface area contributed by atoms with E-state index in [0.29, 0.717) is 5.70 Å². The molecule has 1 N–H and O–H groups in total. The molecule has 166 valence electrons. The third-order valence-electron chi connectivity index (χ3n) is 5.87. The summed E-state index contributed by atoms with van der Waals surface area (Å²) in [6.45, 7) is 6.11. The van der Waals surface area contributed by atoms with Gasteiger partial charge >= 0.3 is 0 Å². The fourth-order valence-electron chi connectivity index (χ4n) is 3.93. The lowest BCUT2D eigenvalue weighted by molar-refractivity contribution is -0.104. The second-order valence-electron chi connectivity index (χ2n) is 8.25. The molecular formula is C29H29N3O. The van der Waals surface area contributed by atoms with Gasteiger partial charge in [0.25, 0.3) is 0 Å². The van der Waals surface area contributed by atoms with Crippen molar-refractivity contribution < 1.29 is 4.79 Å². The lowest BCUT2D eigenvalue weighted by Gasteiger charge is -2.29. The minimum Gasteiger partial charge on any atom is -0.369 e. The zero-order valence-corrected chi connectivity index (χ0v) is 19.0. The van der Waals surface area contributed by atoms with Gasteiger partial charge in [0.15, 0.2) is 6.29 Å². The van der Waals surface area contributed by atoms with Crippen LogP contribution in [0, 0.1) is 17.8 Å². The van der Waals surface area contributed by atoms with Gasteiger partial charge in [-0.2, -0.15) is 0 Å². The van der Waals surface area contributed by atoms with Crippen LogP contribution in [0.4, 0.5) is 5.69 Å². The highest BCUT2D eigenvalue weighted by molar-refractivity contribution is 5.92. The van der Waals surface area contributed by atoms with Crippen LogP contribution in [0.15, 0.2) is 83.5 Å². The van der Waals surface area contributed by atoms with Gasteiger partial charge < -0.3 is 10.2 Å². The smallest absolute Gasteiger partial charge is 0.168 e. The molecular weight excluding hydrogens is 406 g/mol. The van der Waals surface area contributed by atoms with Gasteiger partial charge in [0, 0.05) is 54.6 Å². The number of aldehydes is 1. The lowest BCUT2D eigenvalue weighted by atomic mass is 9.96. The molecule has 0 saturated carbocycles. The zero-order valence-electron chi connectivity index (χ0n) is 19.0. The predicted molar refractivity (Wildman–Crippen MR) is 137 cm³/mol. The van der Waals surface area contributed by atoms with Crippen LogP contribution < -0.4 is 10.2 Å². The lowest BCUT2D eigenvalue weighted by Crippen LogP contribution is -2.43. The van der Waals surface area contributed by atoms with E-state index in [-0.39, 0.29) is 5.92 Å². The van der Waals surface area contributed by atoms with E-state index in [4.69, 9.17) is 0 Å². The number of carbonyl (C=O) groups excluding carboxylic acids is 1. The van der Waals surface area contributed by atoms with Crippen LogP contribution >= 0.6 is 0 Å². The van der Waals surface area contributed by atoms with E-state index in [9.17, 15) is 4.79 Å². The number of nitrogens with zero attached hydrogens (tertiary/aromatic N) is 2. The van der Waals surface area contributed by atoms with Gasteiger partial charge in [0.05, 0.1) is 0 Å². The number of hydrogen-bond acceptors (Lipinski definition) is 4. The van der Waals surface area contributed by atoms with Gasteiger partial charge in [-0.25, -0.2) is 0 Å². The predicted octanol–water partition coefficient (Wildman–Crippen LogP) is 4.63. The largest absolute Gasteiger partial charge is 0.369 e. The number of benzene rings is 2. The van der Waals surface area contributed by atoms with Crippen LogP contribution in [-0.4, -0.2) is 38.2 Å². The van der Waals surface area contributed by atoms with Crippen molar-refractivity contribution >= 4 is 23.8 Å². The molecule has 4 nitrogen and oxygen atoms in total. The number of carbonyl (C=O) groups is 1. The van der Waals surface area contributed by atoms with Gasteiger partial charge in [0.1, 0.15) is 5.70 Å². The number of hydrogen-bond donors (Lipinski definition) is 1. The number of aliphatic imine (C=N–C) groups is 1. The third-order valence-corrected chi connectivity index (χ3v) is 5.87. The molecule has 0 radical (unpaired) electrons. The number of rotatable bonds is 5. The summed E-state index contributed by atoms with van der Waals surface area (Å²) in [5, 5.41) is 3.38. The molecule has 2 aromatic rings. The van der Waals surface area contributed by atoms with Crippen LogP contribution in [0.3, 0.4) is 0 Å². The summed E-state index contributed by atoms with van der Waals surface area (Å²) in [4.78, 5) is 18.5. The summed E-state index contributed by atoms with van der Waals surface area (Å²) >= 11 is 0. The average Bonchev–Trinajstić information content (AvgIpc) is 2.89. The van der Waals surface area contributed by atoms with Gasteiger partial charge in [-0.05, 0) is 61.4 Å². The van der Waals surface area contributed by atoms with Crippen molar-refractivity contribution in [3.8, 4) is 11.8 Å². The minimum atomic E-state index is 0.252. The summed E-state index contributed by atoms with van der Waals surface area (Å²) in [6, 6.07) is 16.3. The van der Waals surface area contributed by atoms with E-state index >= 15 is 0 Å². The van der Waals surface area contributed by atoms with E-state index in [2.05, 4.69) is 63.5 Å². The highest BCUT2D eigenvalue weighted by Crippen LogP contribution is 2.17. The molecule has 0 amide bonds. The quantitative estimate of drug-likeness (QED) is 0.322. The Labute approximate surface area is 196 Å². The van der Waals surface area contributed by atoms with Crippen LogP contribution in [0.2, 0.25) is 0 Å². The Morgan fingerprint density at radius 3 is 2.27 bits per heavy atom. The van der Waals surface area contributed by atoms with Crippen molar-refractivity contribution in [2.45, 2.75) is 13.3 Å². The fraction of sp³-hybridized carbons (Fsp3) is 0.241. The Hall–Kier alpha value is -3.68. The number of anilines is 1. The highest BCUT2D eigenvalue weighted by Gasteiger charge is 2.10. The molecule has 1 heterocycles. The van der Waals surface area contributed by atoms with E-state index < -0.39 is 0 Å². The van der Waals surface area contributed by atoms with E-state index in [1.807, 2.05) is 49.4 Å². The topological polar surface area (TPSA) is 44.7 Å². The molecule has 0 aromatic heterocycles. The molecule has 1 atom stereocenters. The summed E-state index contributed by atoms with van der Waals surface area (Å²) in [7, 11) is 0. The number of nitrogens with one attached hydrogen (secondary N) is 1. The molecule has 2 aliphatic rings. The SMILES string of the molecule is CC(=N/C(C=O)=C\c1ccc(C#Cc2ccc(N3CCNCC3)cc2)cc1)C1C=CC=CC1. The molecule has 33 heavy (non-hydrogen) atoms. The van der Waals surface area contributed by atoms with Crippen molar-refractivity contribution in [2.75, 3.05) is 31.1 Å². The first kappa shape index (κ1) is 22.5. The van der Waals surface area contributed by atoms with Crippen LogP contribution in [-0.2, 0) is 4.79 Å². The zero-order chi connectivity index (χ0) is 22.9. The third kappa shape index (κ3) is 6.41. The second-order valence-corrected chi connectivity index (χ2v) is 8.25. The summed E-state index contributed by atoms with van der Waals surface area (Å²) in [5.74, 6) is 6.71. The molecule has 0 spiro atoms. The van der Waals surface area contributed by atoms with Crippen molar-refractivity contribution in [1.82, 2.24) is 5.32 Å². The van der Waals surface area contributed by atoms with Gasteiger partial charge in [-0.3, -0.25) is 9.79 Å². The number of allylic oxidation sites excluding steroid dienone is 5. The van der Waals surface area contributed by atoms with Crippen LogP contribution in [0.1, 0.15) is 30.0 Å². The summed E-state index contributed by atoms with van der Waals surface area (Å²) < 4.78 is 0. The Morgan fingerprint density at radius 2 is 1.67 bits per heavy atom. The van der Waals surface area contributed by atoms with E-state index in [0.717, 1.165) is 61.3 Å². The minimum absolute atomic E-state index is 0.252. The van der Waals surface area contributed by atoms with Crippen molar-refractivity contribution in [3.05, 3.63) is 95.2 Å². The molecule has 1 unspecified atom stereocenters. The first-order chi connectivity index (χ1) is 16.2. The maximum atomic E-state index is 11.5. The summed E-state index contributed by atoms with van der Waals surface area (Å²) in [5.41, 5.74) is 5.48. The Kier molecular flexibility index (Phi) is 7.68. The molecule has 4 heteroatoms. The normalized spacial score (nSPS) is 18.6. The van der Waals surface area contributed by atoms with Crippen molar-refractivity contribution in [3.63, 3.8) is 0 Å². The Balaban J connectivity index is 1.41. The van der Waals surface area contributed by atoms with E-state index in [1.165, 1.54) is 5.69 Å². The molecule has 2 aromatic carbocycles. The first-order valence-corrected chi connectivity index (χ1v) is 11.4. The second kappa shape index (κ2) is 11.3. The molecule has 1 saturated heterocycles.